The Balaban J connectivity index is 1.64. The molecular formula is C15H16ClN3S2. The number of benzene rings is 1. The van der Waals surface area contributed by atoms with Crippen molar-refractivity contribution in [1.29, 1.82) is 0 Å². The lowest BCUT2D eigenvalue weighted by molar-refractivity contribution is 0.502. The second kappa shape index (κ2) is 6.30. The van der Waals surface area contributed by atoms with Gasteiger partial charge in [-0.3, -0.25) is 0 Å². The van der Waals surface area contributed by atoms with E-state index >= 15 is 0 Å². The van der Waals surface area contributed by atoms with Crippen LogP contribution in [-0.2, 0) is 12.8 Å². The molecule has 110 valence electrons. The predicted molar refractivity (Wildman–Crippen MR) is 94.6 cm³/mol. The van der Waals surface area contributed by atoms with E-state index in [0.29, 0.717) is 10.1 Å². The van der Waals surface area contributed by atoms with Crippen molar-refractivity contribution in [3.63, 3.8) is 0 Å². The minimum absolute atomic E-state index is 0.552. The number of nitrogens with zero attached hydrogens (tertiary/aromatic N) is 1. The molecule has 1 aromatic carbocycles. The fourth-order valence-electron chi connectivity index (χ4n) is 2.39. The summed E-state index contributed by atoms with van der Waals surface area (Å²) in [5, 5.41) is 8.44. The Morgan fingerprint density at radius 3 is 2.86 bits per heavy atom. The van der Waals surface area contributed by atoms with Crippen LogP contribution in [0.25, 0.3) is 0 Å². The molecule has 0 aliphatic heterocycles. The Kier molecular flexibility index (Phi) is 4.42. The largest absolute Gasteiger partial charge is 0.332 e. The smallest absolute Gasteiger partial charge is 0.189 e. The minimum Gasteiger partial charge on any atom is -0.332 e. The third kappa shape index (κ3) is 3.73. The van der Waals surface area contributed by atoms with Gasteiger partial charge in [-0.05, 0) is 61.7 Å². The van der Waals surface area contributed by atoms with Gasteiger partial charge in [0.15, 0.2) is 10.2 Å². The van der Waals surface area contributed by atoms with E-state index in [4.69, 9.17) is 23.8 Å². The summed E-state index contributed by atoms with van der Waals surface area (Å²) in [5.74, 6) is 0.755. The Morgan fingerprint density at radius 1 is 1.33 bits per heavy atom. The van der Waals surface area contributed by atoms with Crippen LogP contribution >= 0.6 is 35.2 Å². The summed E-state index contributed by atoms with van der Waals surface area (Å²) in [4.78, 5) is 6.03. The molecule has 0 saturated heterocycles. The van der Waals surface area contributed by atoms with E-state index in [1.54, 1.807) is 11.3 Å². The zero-order chi connectivity index (χ0) is 14.8. The summed E-state index contributed by atoms with van der Waals surface area (Å²) in [6, 6.07) is 7.45. The van der Waals surface area contributed by atoms with Gasteiger partial charge in [-0.1, -0.05) is 18.5 Å². The summed E-state index contributed by atoms with van der Waals surface area (Å²) in [5.41, 5.74) is 2.14. The van der Waals surface area contributed by atoms with E-state index in [2.05, 4.69) is 22.5 Å². The van der Waals surface area contributed by atoms with Gasteiger partial charge in [0.2, 0.25) is 0 Å². The van der Waals surface area contributed by atoms with E-state index in [0.717, 1.165) is 29.6 Å². The van der Waals surface area contributed by atoms with Crippen LogP contribution in [0.4, 0.5) is 10.8 Å². The number of thiocarbonyl (C=S) groups is 1. The van der Waals surface area contributed by atoms with Crippen LogP contribution in [0.1, 0.15) is 23.9 Å². The van der Waals surface area contributed by atoms with Gasteiger partial charge in [0, 0.05) is 15.6 Å². The van der Waals surface area contributed by atoms with E-state index in [9.17, 15) is 0 Å². The van der Waals surface area contributed by atoms with Crippen LogP contribution in [-0.4, -0.2) is 10.1 Å². The molecule has 1 unspecified atom stereocenters. The first kappa shape index (κ1) is 14.8. The number of anilines is 2. The van der Waals surface area contributed by atoms with Crippen molar-refractivity contribution in [3.8, 4) is 0 Å². The lowest BCUT2D eigenvalue weighted by Gasteiger charge is -2.15. The molecule has 0 amide bonds. The Morgan fingerprint density at radius 2 is 2.10 bits per heavy atom. The molecule has 1 aliphatic carbocycles. The van der Waals surface area contributed by atoms with Crippen LogP contribution in [0, 0.1) is 5.92 Å². The minimum atomic E-state index is 0.552. The third-order valence-electron chi connectivity index (χ3n) is 3.51. The number of aryl methyl sites for hydroxylation is 1. The monoisotopic (exact) mass is 337 g/mol. The normalized spacial score (nSPS) is 17.1. The van der Waals surface area contributed by atoms with Gasteiger partial charge < -0.3 is 10.6 Å². The molecule has 3 rings (SSSR count). The Labute approximate surface area is 138 Å². The molecule has 0 spiro atoms. The molecule has 2 N–H and O–H groups in total. The highest BCUT2D eigenvalue weighted by Crippen LogP contribution is 2.32. The zero-order valence-electron chi connectivity index (χ0n) is 11.6. The summed E-state index contributed by atoms with van der Waals surface area (Å²) in [6.07, 6.45) is 3.43. The predicted octanol–water partition coefficient (Wildman–Crippen LogP) is 4.73. The van der Waals surface area contributed by atoms with Gasteiger partial charge in [-0.2, -0.15) is 0 Å². The fraction of sp³-hybridized carbons (Fsp3) is 0.333. The van der Waals surface area contributed by atoms with E-state index in [1.807, 2.05) is 24.3 Å². The first-order chi connectivity index (χ1) is 10.1. The molecule has 0 radical (unpaired) electrons. The first-order valence-electron chi connectivity index (χ1n) is 6.92. The molecular weight excluding hydrogens is 322 g/mol. The van der Waals surface area contributed by atoms with Gasteiger partial charge in [0.1, 0.15) is 0 Å². The fourth-order valence-corrected chi connectivity index (χ4v) is 3.97. The highest BCUT2D eigenvalue weighted by molar-refractivity contribution is 7.80. The summed E-state index contributed by atoms with van der Waals surface area (Å²) in [7, 11) is 0. The van der Waals surface area contributed by atoms with Crippen LogP contribution in [0.15, 0.2) is 24.3 Å². The van der Waals surface area contributed by atoms with E-state index in [1.165, 1.54) is 17.0 Å². The highest BCUT2D eigenvalue weighted by atomic mass is 35.5. The number of aromatic nitrogens is 1. The molecule has 0 fully saturated rings. The molecule has 0 bridgehead atoms. The third-order valence-corrected chi connectivity index (χ3v) is 5.00. The second-order valence-corrected chi connectivity index (χ2v) is 7.25. The first-order valence-corrected chi connectivity index (χ1v) is 8.52. The summed E-state index contributed by atoms with van der Waals surface area (Å²) in [6.45, 7) is 2.29. The molecule has 0 saturated carbocycles. The average Bonchev–Trinajstić information content (AvgIpc) is 2.82. The number of nitrogens with one attached hydrogen (secondary N) is 2. The molecule has 1 atom stereocenters. The number of rotatable bonds is 2. The molecule has 2 aromatic rings. The van der Waals surface area contributed by atoms with Crippen molar-refractivity contribution in [2.75, 3.05) is 10.6 Å². The van der Waals surface area contributed by atoms with Crippen LogP contribution < -0.4 is 10.6 Å². The molecule has 3 nitrogen and oxygen atoms in total. The molecule has 21 heavy (non-hydrogen) atoms. The summed E-state index contributed by atoms with van der Waals surface area (Å²) >= 11 is 12.9. The number of thiazole rings is 1. The number of hydrogen-bond acceptors (Lipinski definition) is 3. The summed E-state index contributed by atoms with van der Waals surface area (Å²) < 4.78 is 0. The lowest BCUT2D eigenvalue weighted by Crippen LogP contribution is -2.18. The van der Waals surface area contributed by atoms with Crippen LogP contribution in [0.3, 0.4) is 0 Å². The van der Waals surface area contributed by atoms with Crippen molar-refractivity contribution in [1.82, 2.24) is 4.98 Å². The Hall–Kier alpha value is -1.17. The maximum Gasteiger partial charge on any atom is 0.189 e. The van der Waals surface area contributed by atoms with E-state index in [-0.39, 0.29) is 0 Å². The highest BCUT2D eigenvalue weighted by Gasteiger charge is 2.19. The molecule has 6 heteroatoms. The van der Waals surface area contributed by atoms with Crippen LogP contribution in [0.5, 0.6) is 0 Å². The van der Waals surface area contributed by atoms with Crippen molar-refractivity contribution in [2.45, 2.75) is 26.2 Å². The van der Waals surface area contributed by atoms with Gasteiger partial charge in [0.05, 0.1) is 5.69 Å². The van der Waals surface area contributed by atoms with Crippen molar-refractivity contribution in [3.05, 3.63) is 39.9 Å². The SMILES string of the molecule is CC1CCc2nc(NC(=S)Nc3ccc(Cl)cc3)sc2C1. The van der Waals surface area contributed by atoms with Gasteiger partial charge in [-0.15, -0.1) is 11.3 Å². The van der Waals surface area contributed by atoms with Crippen molar-refractivity contribution in [2.24, 2.45) is 5.92 Å². The molecule has 1 aliphatic rings. The van der Waals surface area contributed by atoms with Crippen LogP contribution in [0.2, 0.25) is 5.02 Å². The number of halogens is 1. The molecule has 1 aromatic heterocycles. The number of hydrogen-bond donors (Lipinski definition) is 2. The lowest BCUT2D eigenvalue weighted by atomic mass is 9.93. The second-order valence-electron chi connectivity index (χ2n) is 5.32. The van der Waals surface area contributed by atoms with Gasteiger partial charge in [0.25, 0.3) is 0 Å². The molecule has 1 heterocycles. The topological polar surface area (TPSA) is 37.0 Å². The number of fused-ring (bicyclic) bond motifs is 1. The maximum atomic E-state index is 5.86. The van der Waals surface area contributed by atoms with Crippen molar-refractivity contribution >= 4 is 51.1 Å². The van der Waals surface area contributed by atoms with Gasteiger partial charge in [-0.25, -0.2) is 4.98 Å². The van der Waals surface area contributed by atoms with E-state index < -0.39 is 0 Å². The average molecular weight is 338 g/mol. The standard InChI is InChI=1S/C15H16ClN3S2/c1-9-2-7-12-13(8-9)21-15(18-12)19-14(20)17-11-5-3-10(16)4-6-11/h3-6,9H,2,7-8H2,1H3,(H2,17,18,19,20). The van der Waals surface area contributed by atoms with Crippen molar-refractivity contribution < 1.29 is 0 Å². The maximum absolute atomic E-state index is 5.86. The van der Waals surface area contributed by atoms with Gasteiger partial charge >= 0.3 is 0 Å². The zero-order valence-corrected chi connectivity index (χ0v) is 14.0. The quantitative estimate of drug-likeness (QED) is 0.777. The Bertz CT molecular complexity index is 651.